The zero-order valence-electron chi connectivity index (χ0n) is 8.62. The van der Waals surface area contributed by atoms with Gasteiger partial charge < -0.3 is 0 Å². The van der Waals surface area contributed by atoms with Crippen LogP contribution < -0.4 is 5.32 Å². The Labute approximate surface area is 85.0 Å². The number of nitrogens with zero attached hydrogens (tertiary/aromatic N) is 2. The zero-order chi connectivity index (χ0) is 10.4. The molecule has 14 heavy (non-hydrogen) atoms. The van der Waals surface area contributed by atoms with Crippen molar-refractivity contribution < 1.29 is 0 Å². The van der Waals surface area contributed by atoms with Gasteiger partial charge in [-0.15, -0.1) is 6.42 Å². The van der Waals surface area contributed by atoms with Gasteiger partial charge in [-0.05, 0) is 26.0 Å². The van der Waals surface area contributed by atoms with Crippen LogP contribution in [0.15, 0.2) is 12.3 Å². The lowest BCUT2D eigenvalue weighted by atomic mass is 10.2. The first-order chi connectivity index (χ1) is 6.77. The number of terminal acetylenes is 1. The van der Waals surface area contributed by atoms with E-state index in [2.05, 4.69) is 28.1 Å². The van der Waals surface area contributed by atoms with Crippen molar-refractivity contribution in [2.24, 2.45) is 0 Å². The molecule has 0 aliphatic carbocycles. The van der Waals surface area contributed by atoms with E-state index >= 15 is 0 Å². The van der Waals surface area contributed by atoms with Gasteiger partial charge in [-0.25, -0.2) is 9.97 Å². The number of aryl methyl sites for hydroxylation is 1. The van der Waals surface area contributed by atoms with Gasteiger partial charge in [0.05, 0.1) is 5.69 Å². The molecule has 1 N–H and O–H groups in total. The van der Waals surface area contributed by atoms with Gasteiger partial charge in [0.15, 0.2) is 0 Å². The zero-order valence-corrected chi connectivity index (χ0v) is 8.62. The van der Waals surface area contributed by atoms with Gasteiger partial charge in [0.25, 0.3) is 0 Å². The second-order valence-corrected chi connectivity index (χ2v) is 3.08. The fraction of sp³-hybridized carbons (Fsp3) is 0.455. The Morgan fingerprint density at radius 3 is 3.00 bits per heavy atom. The summed E-state index contributed by atoms with van der Waals surface area (Å²) in [6.07, 6.45) is 8.21. The summed E-state index contributed by atoms with van der Waals surface area (Å²) >= 11 is 0. The quantitative estimate of drug-likeness (QED) is 0.729. The molecule has 1 rings (SSSR count). The van der Waals surface area contributed by atoms with Crippen LogP contribution in [-0.4, -0.2) is 16.5 Å². The van der Waals surface area contributed by atoms with Crippen LogP contribution >= 0.6 is 0 Å². The van der Waals surface area contributed by atoms with Gasteiger partial charge in [-0.3, -0.25) is 5.32 Å². The van der Waals surface area contributed by atoms with E-state index in [1.165, 1.54) is 0 Å². The molecule has 0 radical (unpaired) electrons. The Hall–Kier alpha value is -1.40. The van der Waals surface area contributed by atoms with Crippen LogP contribution in [0, 0.1) is 19.3 Å². The van der Waals surface area contributed by atoms with Crippen LogP contribution in [0.3, 0.4) is 0 Å². The molecular formula is C11H15N3. The minimum Gasteiger partial charge on any atom is -0.299 e. The summed E-state index contributed by atoms with van der Waals surface area (Å²) in [6, 6.07) is 1.75. The molecule has 0 aliphatic rings. The lowest BCUT2D eigenvalue weighted by Crippen LogP contribution is -2.21. The topological polar surface area (TPSA) is 37.8 Å². The molecule has 1 atom stereocenters. The van der Waals surface area contributed by atoms with Crippen LogP contribution in [0.1, 0.15) is 30.9 Å². The van der Waals surface area contributed by atoms with E-state index in [9.17, 15) is 0 Å². The van der Waals surface area contributed by atoms with Gasteiger partial charge in [-0.1, -0.05) is 12.8 Å². The number of aromatic nitrogens is 2. The average Bonchev–Trinajstić information content (AvgIpc) is 2.19. The van der Waals surface area contributed by atoms with Gasteiger partial charge in [0.2, 0.25) is 0 Å². The molecule has 0 fully saturated rings. The molecule has 0 bridgehead atoms. The first-order valence-electron chi connectivity index (χ1n) is 4.77. The monoisotopic (exact) mass is 189 g/mol. The van der Waals surface area contributed by atoms with Gasteiger partial charge >= 0.3 is 0 Å². The molecular weight excluding hydrogens is 174 g/mol. The maximum Gasteiger partial charge on any atom is 0.125 e. The van der Waals surface area contributed by atoms with E-state index in [0.29, 0.717) is 0 Å². The highest BCUT2D eigenvalue weighted by molar-refractivity contribution is 5.17. The van der Waals surface area contributed by atoms with Crippen LogP contribution in [0.4, 0.5) is 0 Å². The molecule has 0 amide bonds. The Morgan fingerprint density at radius 2 is 2.43 bits per heavy atom. The third-order valence-electron chi connectivity index (χ3n) is 1.86. The van der Waals surface area contributed by atoms with Crippen LogP contribution in [0.25, 0.3) is 0 Å². The molecule has 0 aliphatic heterocycles. The molecule has 0 spiro atoms. The lowest BCUT2D eigenvalue weighted by molar-refractivity contribution is 0.611. The van der Waals surface area contributed by atoms with E-state index < -0.39 is 0 Å². The Balaban J connectivity index is 2.75. The highest BCUT2D eigenvalue weighted by Crippen LogP contribution is 2.07. The summed E-state index contributed by atoms with van der Waals surface area (Å²) in [4.78, 5) is 8.31. The Bertz CT molecular complexity index is 328. The number of hydrogen-bond donors (Lipinski definition) is 1. The normalized spacial score (nSPS) is 12.1. The fourth-order valence-corrected chi connectivity index (χ4v) is 1.17. The minimum atomic E-state index is -0.100. The predicted octanol–water partition coefficient (Wildman–Crippen LogP) is 1.46. The lowest BCUT2D eigenvalue weighted by Gasteiger charge is -2.11. The Morgan fingerprint density at radius 1 is 1.64 bits per heavy atom. The molecule has 0 saturated carbocycles. The number of hydrogen-bond acceptors (Lipinski definition) is 3. The maximum absolute atomic E-state index is 5.42. The smallest absolute Gasteiger partial charge is 0.125 e. The predicted molar refractivity (Wildman–Crippen MR) is 56.6 cm³/mol. The molecule has 1 aromatic heterocycles. The molecule has 0 saturated heterocycles. The van der Waals surface area contributed by atoms with Crippen LogP contribution in [-0.2, 0) is 0 Å². The van der Waals surface area contributed by atoms with E-state index in [-0.39, 0.29) is 6.04 Å². The second kappa shape index (κ2) is 5.36. The summed E-state index contributed by atoms with van der Waals surface area (Å²) in [5.74, 6) is 3.43. The minimum absolute atomic E-state index is 0.100. The molecule has 74 valence electrons. The van der Waals surface area contributed by atoms with E-state index in [1.807, 2.05) is 13.0 Å². The van der Waals surface area contributed by atoms with E-state index in [0.717, 1.165) is 24.5 Å². The molecule has 1 heterocycles. The fourth-order valence-electron chi connectivity index (χ4n) is 1.17. The van der Waals surface area contributed by atoms with Crippen molar-refractivity contribution in [3.8, 4) is 12.3 Å². The summed E-state index contributed by atoms with van der Waals surface area (Å²) in [5, 5.41) is 3.24. The van der Waals surface area contributed by atoms with E-state index in [1.54, 1.807) is 6.20 Å². The van der Waals surface area contributed by atoms with Crippen LogP contribution in [0.5, 0.6) is 0 Å². The van der Waals surface area contributed by atoms with Crippen molar-refractivity contribution in [3.63, 3.8) is 0 Å². The standard InChI is InChI=1S/C11H15N3/c1-4-7-13-10(5-2)11-6-8-12-9(3)14-11/h2,6,8,10,13H,4,7H2,1,3H3. The van der Waals surface area contributed by atoms with Gasteiger partial charge in [0.1, 0.15) is 11.9 Å². The summed E-state index contributed by atoms with van der Waals surface area (Å²) in [7, 11) is 0. The maximum atomic E-state index is 5.42. The van der Waals surface area contributed by atoms with Crippen molar-refractivity contribution in [2.75, 3.05) is 6.54 Å². The molecule has 1 aromatic rings. The largest absolute Gasteiger partial charge is 0.299 e. The first-order valence-corrected chi connectivity index (χ1v) is 4.77. The summed E-state index contributed by atoms with van der Waals surface area (Å²) < 4.78 is 0. The number of rotatable bonds is 4. The number of nitrogens with one attached hydrogen (secondary N) is 1. The summed E-state index contributed by atoms with van der Waals surface area (Å²) in [5.41, 5.74) is 0.869. The van der Waals surface area contributed by atoms with Crippen molar-refractivity contribution >= 4 is 0 Å². The third kappa shape index (κ3) is 2.82. The van der Waals surface area contributed by atoms with Crippen LogP contribution in [0.2, 0.25) is 0 Å². The van der Waals surface area contributed by atoms with E-state index in [4.69, 9.17) is 6.42 Å². The highest BCUT2D eigenvalue weighted by atomic mass is 15.0. The van der Waals surface area contributed by atoms with Crippen molar-refractivity contribution in [1.29, 1.82) is 0 Å². The molecule has 0 aromatic carbocycles. The van der Waals surface area contributed by atoms with Crippen molar-refractivity contribution in [2.45, 2.75) is 26.3 Å². The highest BCUT2D eigenvalue weighted by Gasteiger charge is 2.07. The van der Waals surface area contributed by atoms with Crippen molar-refractivity contribution in [1.82, 2.24) is 15.3 Å². The first kappa shape index (κ1) is 10.7. The molecule has 3 nitrogen and oxygen atoms in total. The Kier molecular flexibility index (Phi) is 4.09. The van der Waals surface area contributed by atoms with Gasteiger partial charge in [0, 0.05) is 6.20 Å². The molecule has 1 unspecified atom stereocenters. The van der Waals surface area contributed by atoms with Crippen molar-refractivity contribution in [3.05, 3.63) is 23.8 Å². The van der Waals surface area contributed by atoms with Gasteiger partial charge in [-0.2, -0.15) is 0 Å². The third-order valence-corrected chi connectivity index (χ3v) is 1.86. The molecule has 3 heteroatoms. The second-order valence-electron chi connectivity index (χ2n) is 3.08. The average molecular weight is 189 g/mol. The SMILES string of the molecule is C#CC(NCCC)c1ccnc(C)n1. The summed E-state index contributed by atoms with van der Waals surface area (Å²) in [6.45, 7) is 4.86.